The van der Waals surface area contributed by atoms with Crippen LogP contribution in [0.2, 0.25) is 10.0 Å². The van der Waals surface area contributed by atoms with Crippen molar-refractivity contribution in [2.24, 2.45) is 0 Å². The van der Waals surface area contributed by atoms with E-state index in [9.17, 15) is 14.7 Å². The van der Waals surface area contributed by atoms with Gasteiger partial charge in [-0.2, -0.15) is 0 Å². The molecule has 1 N–H and O–H groups in total. The molecule has 0 saturated heterocycles. The normalized spacial score (nSPS) is 18.2. The molecule has 28 heavy (non-hydrogen) atoms. The lowest BCUT2D eigenvalue weighted by Crippen LogP contribution is -2.41. The van der Waals surface area contributed by atoms with E-state index in [-0.39, 0.29) is 34.4 Å². The Labute approximate surface area is 172 Å². The fourth-order valence-corrected chi connectivity index (χ4v) is 4.04. The first-order chi connectivity index (χ1) is 13.2. The highest BCUT2D eigenvalue weighted by Crippen LogP contribution is 2.50. The van der Waals surface area contributed by atoms with Gasteiger partial charge in [-0.3, -0.25) is 9.59 Å². The summed E-state index contributed by atoms with van der Waals surface area (Å²) in [7, 11) is 3.04. The van der Waals surface area contributed by atoms with Crippen LogP contribution in [0.1, 0.15) is 24.5 Å². The van der Waals surface area contributed by atoms with Crippen molar-refractivity contribution in [3.63, 3.8) is 0 Å². The topological polar surface area (TPSA) is 76.1 Å². The van der Waals surface area contributed by atoms with Crippen LogP contribution in [-0.2, 0) is 21.7 Å². The second-order valence-corrected chi connectivity index (χ2v) is 7.39. The summed E-state index contributed by atoms with van der Waals surface area (Å²) in [6.45, 7) is 1.41. The fraction of sp³-hybridized carbons (Fsp3) is 0.300. The van der Waals surface area contributed by atoms with Crippen molar-refractivity contribution in [3.05, 3.63) is 51.5 Å². The van der Waals surface area contributed by atoms with Crippen molar-refractivity contribution in [2.45, 2.75) is 25.5 Å². The van der Waals surface area contributed by atoms with Crippen molar-refractivity contribution >= 4 is 40.6 Å². The minimum absolute atomic E-state index is 0.104. The molecule has 0 radical (unpaired) electrons. The summed E-state index contributed by atoms with van der Waals surface area (Å²) < 4.78 is 10.5. The van der Waals surface area contributed by atoms with Crippen LogP contribution >= 0.6 is 23.2 Å². The Kier molecular flexibility index (Phi) is 5.57. The van der Waals surface area contributed by atoms with Crippen molar-refractivity contribution in [2.75, 3.05) is 19.1 Å². The van der Waals surface area contributed by atoms with Gasteiger partial charge in [0.2, 0.25) is 0 Å². The molecule has 1 atom stereocenters. The number of nitrogens with zero attached hydrogens (tertiary/aromatic N) is 1. The number of aliphatic hydroxyl groups is 1. The maximum absolute atomic E-state index is 13.2. The summed E-state index contributed by atoms with van der Waals surface area (Å²) in [5, 5.41) is 11.5. The average molecular weight is 424 g/mol. The first-order valence-corrected chi connectivity index (χ1v) is 9.21. The molecule has 0 spiro atoms. The maximum atomic E-state index is 13.2. The second kappa shape index (κ2) is 7.62. The van der Waals surface area contributed by atoms with Gasteiger partial charge in [0.15, 0.2) is 17.1 Å². The highest BCUT2D eigenvalue weighted by Gasteiger charge is 2.52. The van der Waals surface area contributed by atoms with Crippen molar-refractivity contribution in [1.82, 2.24) is 0 Å². The summed E-state index contributed by atoms with van der Waals surface area (Å²) >= 11 is 12.6. The second-order valence-electron chi connectivity index (χ2n) is 6.57. The number of amides is 1. The highest BCUT2D eigenvalue weighted by molar-refractivity contribution is 6.38. The van der Waals surface area contributed by atoms with Gasteiger partial charge in [0.05, 0.1) is 31.5 Å². The van der Waals surface area contributed by atoms with Gasteiger partial charge in [-0.15, -0.1) is 0 Å². The van der Waals surface area contributed by atoms with E-state index >= 15 is 0 Å². The Hall–Kier alpha value is -2.28. The van der Waals surface area contributed by atoms with E-state index in [0.717, 1.165) is 5.56 Å². The first kappa shape index (κ1) is 20.5. The number of fused-ring (bicyclic) bond motifs is 1. The summed E-state index contributed by atoms with van der Waals surface area (Å²) in [6, 6.07) is 8.27. The Balaban J connectivity index is 2.10. The fourth-order valence-electron chi connectivity index (χ4n) is 3.47. The third-order valence-electron chi connectivity index (χ3n) is 4.65. The molecule has 0 fully saturated rings. The molecule has 6 nitrogen and oxygen atoms in total. The smallest absolute Gasteiger partial charge is 0.264 e. The number of rotatable bonds is 6. The van der Waals surface area contributed by atoms with Crippen LogP contribution < -0.4 is 14.4 Å². The molecule has 3 rings (SSSR count). The molecule has 148 valence electrons. The number of ketones is 1. The van der Waals surface area contributed by atoms with E-state index in [0.29, 0.717) is 17.2 Å². The van der Waals surface area contributed by atoms with Crippen molar-refractivity contribution in [1.29, 1.82) is 0 Å². The molecule has 8 heteroatoms. The highest BCUT2D eigenvalue weighted by atomic mass is 35.5. The number of halogens is 2. The van der Waals surface area contributed by atoms with Crippen LogP contribution in [0.3, 0.4) is 0 Å². The van der Waals surface area contributed by atoms with Gasteiger partial charge in [-0.05, 0) is 36.8 Å². The molecule has 2 aromatic rings. The van der Waals surface area contributed by atoms with Crippen LogP contribution in [0.15, 0.2) is 30.3 Å². The lowest BCUT2D eigenvalue weighted by molar-refractivity contribution is -0.141. The standard InChI is InChI=1S/C20H19Cl2NO5/c1-11(24)9-20(26)17-13(21)5-6-14(22)18(17)23(19(20)25)10-12-4-7-15(27-2)16(8-12)28-3/h4-8,26H,9-10H2,1-3H3. The Morgan fingerprint density at radius 1 is 1.11 bits per heavy atom. The summed E-state index contributed by atoms with van der Waals surface area (Å²) in [5.41, 5.74) is -0.875. The molecule has 0 aliphatic carbocycles. The third kappa shape index (κ3) is 3.32. The molecular formula is C20H19Cl2NO5. The lowest BCUT2D eigenvalue weighted by Gasteiger charge is -2.23. The van der Waals surface area contributed by atoms with Gasteiger partial charge in [-0.1, -0.05) is 29.3 Å². The third-order valence-corrected chi connectivity index (χ3v) is 5.27. The van der Waals surface area contributed by atoms with Crippen LogP contribution in [0, 0.1) is 0 Å². The van der Waals surface area contributed by atoms with E-state index in [1.54, 1.807) is 24.3 Å². The van der Waals surface area contributed by atoms with Gasteiger partial charge in [0.25, 0.3) is 5.91 Å². The zero-order valence-electron chi connectivity index (χ0n) is 15.6. The molecular weight excluding hydrogens is 405 g/mol. The quantitative estimate of drug-likeness (QED) is 0.765. The SMILES string of the molecule is COc1ccc(CN2C(=O)C(O)(CC(C)=O)c3c(Cl)ccc(Cl)c32)cc1OC. The van der Waals surface area contributed by atoms with Gasteiger partial charge in [0.1, 0.15) is 5.78 Å². The minimum Gasteiger partial charge on any atom is -0.493 e. The van der Waals surface area contributed by atoms with Crippen molar-refractivity contribution in [3.8, 4) is 11.5 Å². The van der Waals surface area contributed by atoms with Crippen LogP contribution in [0.5, 0.6) is 11.5 Å². The zero-order chi connectivity index (χ0) is 20.6. The lowest BCUT2D eigenvalue weighted by atomic mass is 9.90. The molecule has 0 saturated carbocycles. The number of Topliss-reactive ketones (excluding diaryl/α,β-unsaturated/α-hetero) is 1. The largest absolute Gasteiger partial charge is 0.493 e. The number of benzene rings is 2. The van der Waals surface area contributed by atoms with Crippen LogP contribution in [-0.4, -0.2) is 31.0 Å². The van der Waals surface area contributed by atoms with E-state index < -0.39 is 11.5 Å². The minimum atomic E-state index is -2.06. The summed E-state index contributed by atoms with van der Waals surface area (Å²) in [5.74, 6) is 0.0601. The van der Waals surface area contributed by atoms with E-state index in [1.807, 2.05) is 0 Å². The number of carbonyl (C=O) groups excluding carboxylic acids is 2. The predicted octanol–water partition coefficient (Wildman–Crippen LogP) is 3.72. The number of anilines is 1. The van der Waals surface area contributed by atoms with Gasteiger partial charge in [0, 0.05) is 17.0 Å². The van der Waals surface area contributed by atoms with Crippen LogP contribution in [0.25, 0.3) is 0 Å². The molecule has 1 aliphatic rings. The van der Waals surface area contributed by atoms with Gasteiger partial charge in [-0.25, -0.2) is 0 Å². The van der Waals surface area contributed by atoms with Crippen LogP contribution in [0.4, 0.5) is 5.69 Å². The van der Waals surface area contributed by atoms with Gasteiger partial charge < -0.3 is 19.5 Å². The number of hydrogen-bond donors (Lipinski definition) is 1. The molecule has 2 aromatic carbocycles. The number of ether oxygens (including phenoxy) is 2. The maximum Gasteiger partial charge on any atom is 0.264 e. The summed E-state index contributed by atoms with van der Waals surface area (Å²) in [6.07, 6.45) is -0.388. The number of hydrogen-bond acceptors (Lipinski definition) is 5. The molecule has 0 aromatic heterocycles. The Morgan fingerprint density at radius 3 is 2.36 bits per heavy atom. The van der Waals surface area contributed by atoms with Gasteiger partial charge >= 0.3 is 0 Å². The zero-order valence-corrected chi connectivity index (χ0v) is 17.1. The molecule has 1 aliphatic heterocycles. The molecule has 1 amide bonds. The summed E-state index contributed by atoms with van der Waals surface area (Å²) in [4.78, 5) is 26.2. The van der Waals surface area contributed by atoms with E-state index in [4.69, 9.17) is 32.7 Å². The van der Waals surface area contributed by atoms with Crippen molar-refractivity contribution < 1.29 is 24.2 Å². The Morgan fingerprint density at radius 2 is 1.75 bits per heavy atom. The molecule has 0 bridgehead atoms. The van der Waals surface area contributed by atoms with E-state index in [1.165, 1.54) is 32.1 Å². The average Bonchev–Trinajstić information content (AvgIpc) is 2.86. The Bertz CT molecular complexity index is 962. The number of carbonyl (C=O) groups is 2. The van der Waals surface area contributed by atoms with E-state index in [2.05, 4.69) is 0 Å². The monoisotopic (exact) mass is 423 g/mol. The molecule has 1 unspecified atom stereocenters. The predicted molar refractivity (Wildman–Crippen MR) is 106 cm³/mol. The number of methoxy groups -OCH3 is 2. The molecule has 1 heterocycles. The first-order valence-electron chi connectivity index (χ1n) is 8.46.